The average molecular weight is 435 g/mol. The largest absolute Gasteiger partial charge is 0.374 e. The van der Waals surface area contributed by atoms with Gasteiger partial charge in [0.15, 0.2) is 5.65 Å². The lowest BCUT2D eigenvalue weighted by molar-refractivity contribution is 0.0556. The van der Waals surface area contributed by atoms with Crippen molar-refractivity contribution in [1.29, 1.82) is 5.41 Å². The number of halogens is 2. The van der Waals surface area contributed by atoms with Gasteiger partial charge >= 0.3 is 0 Å². The van der Waals surface area contributed by atoms with Crippen molar-refractivity contribution in [3.8, 4) is 11.4 Å². The van der Waals surface area contributed by atoms with E-state index in [9.17, 15) is 13.0 Å². The molecule has 0 aromatic carbocycles. The van der Waals surface area contributed by atoms with E-state index in [-0.39, 0.29) is 22.6 Å². The smallest absolute Gasteiger partial charge is 0.282 e. The Morgan fingerprint density at radius 2 is 2.20 bits per heavy atom. The average Bonchev–Trinajstić information content (AvgIpc) is 3.17. The van der Waals surface area contributed by atoms with Crippen molar-refractivity contribution in [2.45, 2.75) is 19.5 Å². The Bertz CT molecular complexity index is 1110. The van der Waals surface area contributed by atoms with Crippen molar-refractivity contribution in [2.75, 3.05) is 30.3 Å². The fourth-order valence-corrected chi connectivity index (χ4v) is 3.95. The van der Waals surface area contributed by atoms with Crippen LogP contribution in [0.3, 0.4) is 0 Å². The number of hydrogen-bond acceptors (Lipinski definition) is 8. The predicted octanol–water partition coefficient (Wildman–Crippen LogP) is 2.07. The second kappa shape index (κ2) is 8.48. The number of rotatable bonds is 5. The highest BCUT2D eigenvalue weighted by Crippen LogP contribution is 2.24. The Kier molecular flexibility index (Phi) is 5.77. The Hall–Kier alpha value is -2.86. The third-order valence-electron chi connectivity index (χ3n) is 4.66. The second-order valence-corrected chi connectivity index (χ2v) is 8.38. The highest BCUT2D eigenvalue weighted by atomic mass is 32.2. The highest BCUT2D eigenvalue weighted by molar-refractivity contribution is 8.00. The maximum absolute atomic E-state index is 13.0. The SMILES string of the molecule is CC(=N)S(=O)C[C@@H]1CN(c2cc(-c3cnc4ccc(C(F)F)nn34)ncn2)CCO1. The zero-order chi connectivity index (χ0) is 21.3. The lowest BCUT2D eigenvalue weighted by Crippen LogP contribution is -2.45. The van der Waals surface area contributed by atoms with E-state index in [4.69, 9.17) is 10.1 Å². The number of morpholine rings is 1. The van der Waals surface area contributed by atoms with Crippen LogP contribution < -0.4 is 4.90 Å². The summed E-state index contributed by atoms with van der Waals surface area (Å²) < 4.78 is 45.1. The van der Waals surface area contributed by atoms with Crippen LogP contribution in [0.2, 0.25) is 0 Å². The number of hydrogen-bond donors (Lipinski definition) is 1. The second-order valence-electron chi connectivity index (χ2n) is 6.74. The summed E-state index contributed by atoms with van der Waals surface area (Å²) in [6, 6.07) is 4.47. The standard InChI is InChI=1S/C18H19F2N7O2S/c1-11(21)30(28)9-12-8-26(4-5-29-12)17-6-14(23-10-24-17)15-7-22-16-3-2-13(18(19)20)25-27(15)16/h2-3,6-7,10,12,18,21H,4-5,8-9H2,1H3/t12-,30?/m0/s1. The van der Waals surface area contributed by atoms with Crippen molar-refractivity contribution in [1.82, 2.24) is 24.6 Å². The van der Waals surface area contributed by atoms with Gasteiger partial charge in [0, 0.05) is 19.2 Å². The molecule has 1 unspecified atom stereocenters. The van der Waals surface area contributed by atoms with E-state index in [1.54, 1.807) is 6.07 Å². The van der Waals surface area contributed by atoms with E-state index in [0.717, 1.165) is 0 Å². The molecular formula is C18H19F2N7O2S. The molecule has 158 valence electrons. The minimum Gasteiger partial charge on any atom is -0.374 e. The van der Waals surface area contributed by atoms with E-state index < -0.39 is 17.2 Å². The minimum atomic E-state index is -2.69. The summed E-state index contributed by atoms with van der Waals surface area (Å²) in [7, 11) is -1.37. The van der Waals surface area contributed by atoms with Gasteiger partial charge in [0.2, 0.25) is 0 Å². The van der Waals surface area contributed by atoms with Gasteiger partial charge < -0.3 is 9.64 Å². The first kappa shape index (κ1) is 20.4. The van der Waals surface area contributed by atoms with Crippen LogP contribution in [-0.4, -0.2) is 65.4 Å². The maximum Gasteiger partial charge on any atom is 0.282 e. The number of anilines is 1. The Labute approximate surface area is 173 Å². The molecule has 9 nitrogen and oxygen atoms in total. The molecule has 0 radical (unpaired) electrons. The lowest BCUT2D eigenvalue weighted by atomic mass is 10.2. The molecule has 0 aliphatic carbocycles. The van der Waals surface area contributed by atoms with Crippen molar-refractivity contribution < 1.29 is 17.7 Å². The number of aromatic nitrogens is 5. The summed E-state index contributed by atoms with van der Waals surface area (Å²) >= 11 is 0. The van der Waals surface area contributed by atoms with E-state index in [1.807, 2.05) is 4.90 Å². The molecule has 4 heterocycles. The fraction of sp³-hybridized carbons (Fsp3) is 0.389. The third kappa shape index (κ3) is 4.19. The molecule has 3 aromatic heterocycles. The van der Waals surface area contributed by atoms with E-state index in [0.29, 0.717) is 42.5 Å². The van der Waals surface area contributed by atoms with Crippen LogP contribution >= 0.6 is 0 Å². The zero-order valence-corrected chi connectivity index (χ0v) is 16.9. The molecule has 1 N–H and O–H groups in total. The van der Waals surface area contributed by atoms with E-state index in [1.165, 1.54) is 36.1 Å². The first-order valence-corrected chi connectivity index (χ1v) is 10.5. The number of alkyl halides is 2. The van der Waals surface area contributed by atoms with E-state index in [2.05, 4.69) is 20.1 Å². The molecule has 1 saturated heterocycles. The van der Waals surface area contributed by atoms with Crippen LogP contribution in [0.15, 0.2) is 30.7 Å². The van der Waals surface area contributed by atoms with Crippen LogP contribution in [0.25, 0.3) is 17.0 Å². The van der Waals surface area contributed by atoms with Crippen molar-refractivity contribution >= 4 is 27.3 Å². The molecule has 3 aromatic rings. The van der Waals surface area contributed by atoms with Gasteiger partial charge in [0.25, 0.3) is 6.43 Å². The first-order chi connectivity index (χ1) is 14.4. The van der Waals surface area contributed by atoms with Gasteiger partial charge in [-0.25, -0.2) is 28.2 Å². The molecule has 0 saturated carbocycles. The number of ether oxygens (including phenoxy) is 1. The Morgan fingerprint density at radius 1 is 1.37 bits per heavy atom. The van der Waals surface area contributed by atoms with Gasteiger partial charge in [0.1, 0.15) is 23.5 Å². The minimum absolute atomic E-state index is 0.114. The quantitative estimate of drug-likeness (QED) is 0.483. The van der Waals surface area contributed by atoms with Gasteiger partial charge in [-0.05, 0) is 19.1 Å². The van der Waals surface area contributed by atoms with Crippen LogP contribution in [0, 0.1) is 5.41 Å². The molecule has 2 atom stereocenters. The van der Waals surface area contributed by atoms with Crippen molar-refractivity contribution in [3.05, 3.63) is 36.4 Å². The maximum atomic E-state index is 13.0. The van der Waals surface area contributed by atoms with Crippen molar-refractivity contribution in [3.63, 3.8) is 0 Å². The molecule has 1 aliphatic heterocycles. The van der Waals surface area contributed by atoms with Crippen LogP contribution in [-0.2, 0) is 15.5 Å². The topological polar surface area (TPSA) is 109 Å². The molecular weight excluding hydrogens is 416 g/mol. The Balaban J connectivity index is 1.60. The molecule has 4 rings (SSSR count). The van der Waals surface area contributed by atoms with Gasteiger partial charge in [-0.2, -0.15) is 5.10 Å². The predicted molar refractivity (Wildman–Crippen MR) is 107 cm³/mol. The summed E-state index contributed by atoms with van der Waals surface area (Å²) in [5.74, 6) is 0.878. The summed E-state index contributed by atoms with van der Waals surface area (Å²) in [5, 5.41) is 11.6. The lowest BCUT2D eigenvalue weighted by Gasteiger charge is -2.33. The first-order valence-electron chi connectivity index (χ1n) is 9.17. The molecule has 12 heteroatoms. The number of fused-ring (bicyclic) bond motifs is 1. The third-order valence-corrected chi connectivity index (χ3v) is 6.02. The molecule has 0 bridgehead atoms. The zero-order valence-electron chi connectivity index (χ0n) is 16.0. The molecule has 0 spiro atoms. The van der Waals surface area contributed by atoms with Gasteiger partial charge in [0.05, 0.1) is 46.2 Å². The highest BCUT2D eigenvalue weighted by Gasteiger charge is 2.24. The summed E-state index contributed by atoms with van der Waals surface area (Å²) in [6.07, 6.45) is -0.0527. The fourth-order valence-electron chi connectivity index (χ4n) is 3.16. The summed E-state index contributed by atoms with van der Waals surface area (Å²) in [4.78, 5) is 14.8. The number of imidazole rings is 1. The molecule has 1 aliphatic rings. The van der Waals surface area contributed by atoms with Gasteiger partial charge in [-0.3, -0.25) is 9.62 Å². The summed E-state index contributed by atoms with van der Waals surface area (Å²) in [6.45, 7) is 3.00. The van der Waals surface area contributed by atoms with E-state index >= 15 is 0 Å². The number of nitrogens with one attached hydrogen (secondary N) is 1. The normalized spacial score (nSPS) is 18.1. The molecule has 0 amide bonds. The summed E-state index contributed by atoms with van der Waals surface area (Å²) in [5.41, 5.74) is 1.06. The number of nitrogens with zero attached hydrogens (tertiary/aromatic N) is 6. The molecule has 1 fully saturated rings. The monoisotopic (exact) mass is 435 g/mol. The van der Waals surface area contributed by atoms with Crippen LogP contribution in [0.1, 0.15) is 19.0 Å². The van der Waals surface area contributed by atoms with Gasteiger partial charge in [-0.1, -0.05) is 0 Å². The van der Waals surface area contributed by atoms with Crippen molar-refractivity contribution in [2.24, 2.45) is 0 Å². The van der Waals surface area contributed by atoms with Gasteiger partial charge in [-0.15, -0.1) is 0 Å². The molecule has 30 heavy (non-hydrogen) atoms. The Morgan fingerprint density at radius 3 is 2.97 bits per heavy atom. The van der Waals surface area contributed by atoms with Crippen LogP contribution in [0.4, 0.5) is 14.6 Å². The van der Waals surface area contributed by atoms with Crippen LogP contribution in [0.5, 0.6) is 0 Å².